The number of halogens is 2. The molecule has 3 N–H and O–H groups in total. The molecule has 2 aromatic heterocycles. The van der Waals surface area contributed by atoms with E-state index in [1.165, 1.54) is 0 Å². The van der Waals surface area contributed by atoms with Gasteiger partial charge in [-0.05, 0) is 49.6 Å². The number of nitrogens with zero attached hydrogens (tertiary/aromatic N) is 2. The van der Waals surface area contributed by atoms with Gasteiger partial charge in [-0.15, -0.1) is 24.8 Å². The fraction of sp³-hybridized carbons (Fsp3) is 0.450. The molecule has 158 valence electrons. The standard InChI is InChI=1S/C20H25N5O2.2ClH/c1-13-9-21-5-4-17(13)23-6-7-24-19(26)16-2-3-18-15-8-14(10-22-11-15)12-25(18)20(16)27;;/h2-5,9,14-15,22H,6-8,10-12H2,1H3,(H,21,23)(H,24,26);2*1H/t14-,15+;;/m0../s1. The van der Waals surface area contributed by atoms with Crippen LogP contribution < -0.4 is 21.5 Å². The Kier molecular flexibility index (Phi) is 8.07. The van der Waals surface area contributed by atoms with Crippen molar-refractivity contribution in [2.75, 3.05) is 31.5 Å². The summed E-state index contributed by atoms with van der Waals surface area (Å²) in [5.74, 6) is 0.535. The fourth-order valence-corrected chi connectivity index (χ4v) is 4.10. The first-order chi connectivity index (χ1) is 13.1. The van der Waals surface area contributed by atoms with Gasteiger partial charge in [0.15, 0.2) is 0 Å². The second-order valence-electron chi connectivity index (χ2n) is 7.42. The molecule has 4 rings (SSSR count). The highest BCUT2D eigenvalue weighted by atomic mass is 35.5. The van der Waals surface area contributed by atoms with Crippen molar-refractivity contribution in [3.63, 3.8) is 0 Å². The first-order valence-electron chi connectivity index (χ1n) is 9.50. The fourth-order valence-electron chi connectivity index (χ4n) is 4.10. The summed E-state index contributed by atoms with van der Waals surface area (Å²) in [6.45, 7) is 5.55. The van der Waals surface area contributed by atoms with Gasteiger partial charge in [-0.2, -0.15) is 0 Å². The van der Waals surface area contributed by atoms with Crippen molar-refractivity contribution in [3.8, 4) is 0 Å². The SMILES string of the molecule is Cc1cnccc1NCCNC(=O)c1ccc2n(c1=O)C[C@@H]1CNC[C@H]2C1.Cl.Cl. The minimum atomic E-state index is -0.308. The van der Waals surface area contributed by atoms with Gasteiger partial charge < -0.3 is 20.5 Å². The number of amides is 1. The predicted molar refractivity (Wildman–Crippen MR) is 119 cm³/mol. The van der Waals surface area contributed by atoms with Crippen molar-refractivity contribution in [3.05, 3.63) is 57.8 Å². The molecule has 7 nitrogen and oxygen atoms in total. The molecule has 0 radical (unpaired) electrons. The Morgan fingerprint density at radius 2 is 2.07 bits per heavy atom. The normalized spacial score (nSPS) is 19.2. The number of aryl methyl sites for hydroxylation is 1. The number of hydrogen-bond acceptors (Lipinski definition) is 5. The third-order valence-electron chi connectivity index (χ3n) is 5.50. The van der Waals surface area contributed by atoms with E-state index in [2.05, 4.69) is 20.9 Å². The third-order valence-corrected chi connectivity index (χ3v) is 5.50. The van der Waals surface area contributed by atoms with E-state index in [9.17, 15) is 9.59 Å². The van der Waals surface area contributed by atoms with Crippen LogP contribution >= 0.6 is 24.8 Å². The van der Waals surface area contributed by atoms with E-state index >= 15 is 0 Å². The van der Waals surface area contributed by atoms with Crippen molar-refractivity contribution in [2.24, 2.45) is 5.92 Å². The van der Waals surface area contributed by atoms with Gasteiger partial charge >= 0.3 is 0 Å². The van der Waals surface area contributed by atoms with Crippen molar-refractivity contribution >= 4 is 36.4 Å². The molecular weight excluding hydrogens is 413 g/mol. The summed E-state index contributed by atoms with van der Waals surface area (Å²) in [6.07, 6.45) is 4.64. The Labute approximate surface area is 182 Å². The Balaban J connectivity index is 0.00000150. The lowest BCUT2D eigenvalue weighted by Gasteiger charge is -2.37. The molecular formula is C20H27Cl2N5O2. The molecule has 0 aliphatic carbocycles. The number of carbonyl (C=O) groups excluding carboxylic acids is 1. The summed E-state index contributed by atoms with van der Waals surface area (Å²) in [4.78, 5) is 29.4. The highest BCUT2D eigenvalue weighted by Gasteiger charge is 2.31. The molecule has 0 unspecified atom stereocenters. The number of piperidine rings is 1. The van der Waals surface area contributed by atoms with E-state index in [1.807, 2.05) is 23.6 Å². The van der Waals surface area contributed by atoms with E-state index in [1.54, 1.807) is 18.5 Å². The second-order valence-corrected chi connectivity index (χ2v) is 7.42. The van der Waals surface area contributed by atoms with Crippen LogP contribution in [-0.4, -0.2) is 41.6 Å². The zero-order valence-electron chi connectivity index (χ0n) is 16.3. The molecule has 2 bridgehead atoms. The van der Waals surface area contributed by atoms with E-state index in [-0.39, 0.29) is 41.8 Å². The molecule has 1 amide bonds. The van der Waals surface area contributed by atoms with Crippen LogP contribution in [0.3, 0.4) is 0 Å². The van der Waals surface area contributed by atoms with E-state index in [0.717, 1.165) is 36.5 Å². The van der Waals surface area contributed by atoms with Crippen molar-refractivity contribution in [1.82, 2.24) is 20.2 Å². The summed E-state index contributed by atoms with van der Waals surface area (Å²) in [5, 5.41) is 9.54. The van der Waals surface area contributed by atoms with Crippen LogP contribution in [0.2, 0.25) is 0 Å². The summed E-state index contributed by atoms with van der Waals surface area (Å²) in [7, 11) is 0. The van der Waals surface area contributed by atoms with Crippen molar-refractivity contribution in [1.29, 1.82) is 0 Å². The van der Waals surface area contributed by atoms with Gasteiger partial charge in [-0.3, -0.25) is 14.6 Å². The lowest BCUT2D eigenvalue weighted by molar-refractivity contribution is 0.0952. The summed E-state index contributed by atoms with van der Waals surface area (Å²) < 4.78 is 1.81. The van der Waals surface area contributed by atoms with Gasteiger partial charge in [-0.1, -0.05) is 0 Å². The first-order valence-corrected chi connectivity index (χ1v) is 9.50. The number of fused-ring (bicyclic) bond motifs is 4. The van der Waals surface area contributed by atoms with Crippen LogP contribution in [0.4, 0.5) is 5.69 Å². The zero-order chi connectivity index (χ0) is 18.8. The minimum Gasteiger partial charge on any atom is -0.383 e. The van der Waals surface area contributed by atoms with Crippen LogP contribution in [0.25, 0.3) is 0 Å². The quantitative estimate of drug-likeness (QED) is 0.619. The topological polar surface area (TPSA) is 88.1 Å². The molecule has 2 aliphatic heterocycles. The summed E-state index contributed by atoms with van der Waals surface area (Å²) >= 11 is 0. The largest absolute Gasteiger partial charge is 0.383 e. The molecule has 29 heavy (non-hydrogen) atoms. The monoisotopic (exact) mass is 439 g/mol. The first kappa shape index (κ1) is 23.2. The minimum absolute atomic E-state index is 0. The summed E-state index contributed by atoms with van der Waals surface area (Å²) in [6, 6.07) is 5.53. The van der Waals surface area contributed by atoms with Gasteiger partial charge in [0.2, 0.25) is 0 Å². The van der Waals surface area contributed by atoms with Gasteiger partial charge in [0.05, 0.1) is 0 Å². The highest BCUT2D eigenvalue weighted by Crippen LogP contribution is 2.31. The molecule has 0 saturated carbocycles. The lowest BCUT2D eigenvalue weighted by atomic mass is 9.84. The average molecular weight is 440 g/mol. The Hall–Kier alpha value is -2.09. The van der Waals surface area contributed by atoms with Crippen LogP contribution in [-0.2, 0) is 6.54 Å². The molecule has 9 heteroatoms. The van der Waals surface area contributed by atoms with Gasteiger partial charge in [0.1, 0.15) is 5.56 Å². The van der Waals surface area contributed by atoms with Crippen LogP contribution in [0.5, 0.6) is 0 Å². The smallest absolute Gasteiger partial charge is 0.263 e. The Morgan fingerprint density at radius 3 is 2.86 bits per heavy atom. The van der Waals surface area contributed by atoms with Crippen LogP contribution in [0.15, 0.2) is 35.4 Å². The molecule has 1 fully saturated rings. The number of rotatable bonds is 5. The van der Waals surface area contributed by atoms with E-state index in [0.29, 0.717) is 31.5 Å². The van der Waals surface area contributed by atoms with Gasteiger partial charge in [0.25, 0.3) is 11.5 Å². The van der Waals surface area contributed by atoms with Crippen molar-refractivity contribution in [2.45, 2.75) is 25.8 Å². The van der Waals surface area contributed by atoms with E-state index in [4.69, 9.17) is 0 Å². The third kappa shape index (κ3) is 4.91. The van der Waals surface area contributed by atoms with Crippen LogP contribution in [0.1, 0.15) is 34.0 Å². The maximum absolute atomic E-state index is 12.8. The van der Waals surface area contributed by atoms with Gasteiger partial charge in [-0.25, -0.2) is 0 Å². The average Bonchev–Trinajstić information content (AvgIpc) is 2.67. The molecule has 4 heterocycles. The lowest BCUT2D eigenvalue weighted by Crippen LogP contribution is -2.46. The molecule has 2 atom stereocenters. The number of nitrogens with one attached hydrogen (secondary N) is 3. The van der Waals surface area contributed by atoms with Gasteiger partial charge in [0, 0.05) is 55.9 Å². The number of carbonyl (C=O) groups is 1. The number of pyridine rings is 2. The Bertz CT molecular complexity index is 918. The number of aromatic nitrogens is 2. The highest BCUT2D eigenvalue weighted by molar-refractivity contribution is 5.93. The maximum Gasteiger partial charge on any atom is 0.263 e. The molecule has 0 aromatic carbocycles. The molecule has 2 aliphatic rings. The summed E-state index contributed by atoms with van der Waals surface area (Å²) in [5.41, 5.74) is 3.16. The Morgan fingerprint density at radius 1 is 1.24 bits per heavy atom. The number of hydrogen-bond donors (Lipinski definition) is 3. The predicted octanol–water partition coefficient (Wildman–Crippen LogP) is 1.94. The number of anilines is 1. The molecule has 1 saturated heterocycles. The molecule has 0 spiro atoms. The molecule has 2 aromatic rings. The maximum atomic E-state index is 12.8. The zero-order valence-corrected chi connectivity index (χ0v) is 17.9. The van der Waals surface area contributed by atoms with Crippen molar-refractivity contribution < 1.29 is 4.79 Å². The van der Waals surface area contributed by atoms with Crippen LogP contribution in [0, 0.1) is 12.8 Å². The second kappa shape index (κ2) is 10.1. The van der Waals surface area contributed by atoms with E-state index < -0.39 is 0 Å².